The Morgan fingerprint density at radius 2 is 2.09 bits per heavy atom. The van der Waals surface area contributed by atoms with Gasteiger partial charge >= 0.3 is 0 Å². The van der Waals surface area contributed by atoms with Crippen LogP contribution in [0.3, 0.4) is 0 Å². The first-order chi connectivity index (χ1) is 10.5. The molecule has 5 heteroatoms. The van der Waals surface area contributed by atoms with E-state index in [-0.39, 0.29) is 0 Å². The van der Waals surface area contributed by atoms with Gasteiger partial charge in [0, 0.05) is 27.3 Å². The van der Waals surface area contributed by atoms with Crippen LogP contribution in [0.25, 0.3) is 0 Å². The summed E-state index contributed by atoms with van der Waals surface area (Å²) in [6.07, 6.45) is 1.73. The highest BCUT2D eigenvalue weighted by Gasteiger charge is 2.11. The highest BCUT2D eigenvalue weighted by Crippen LogP contribution is 2.34. The molecule has 22 heavy (non-hydrogen) atoms. The zero-order valence-corrected chi connectivity index (χ0v) is 16.1. The molecule has 0 unspecified atom stereocenters. The quantitative estimate of drug-likeness (QED) is 0.523. The molecular formula is C17H16Br2ClNO. The standard InChI is InChI=1S/C17H16Br2ClNO/c1-3-7-22-17-12(8-13(18)9-14(17)19)10-21-16-6-4-5-15(20)11(16)2/h3-6,8-9,21H,1,7,10H2,2H3. The molecule has 0 saturated carbocycles. The van der Waals surface area contributed by atoms with Crippen LogP contribution in [-0.2, 0) is 6.54 Å². The SMILES string of the molecule is C=CCOc1c(Br)cc(Br)cc1CNc1cccc(Cl)c1C. The minimum absolute atomic E-state index is 0.462. The van der Waals surface area contributed by atoms with Gasteiger partial charge in [0.15, 0.2) is 0 Å². The molecule has 2 aromatic carbocycles. The van der Waals surface area contributed by atoms with Crippen molar-refractivity contribution in [3.8, 4) is 5.75 Å². The fourth-order valence-electron chi connectivity index (χ4n) is 2.04. The van der Waals surface area contributed by atoms with Gasteiger partial charge in [-0.05, 0) is 52.7 Å². The van der Waals surface area contributed by atoms with Crippen LogP contribution < -0.4 is 10.1 Å². The highest BCUT2D eigenvalue weighted by atomic mass is 79.9. The van der Waals surface area contributed by atoms with Gasteiger partial charge < -0.3 is 10.1 Å². The highest BCUT2D eigenvalue weighted by molar-refractivity contribution is 9.11. The summed E-state index contributed by atoms with van der Waals surface area (Å²) in [5, 5.41) is 4.16. The van der Waals surface area contributed by atoms with Crippen molar-refractivity contribution in [1.29, 1.82) is 0 Å². The van der Waals surface area contributed by atoms with Crippen molar-refractivity contribution in [3.63, 3.8) is 0 Å². The van der Waals surface area contributed by atoms with Crippen molar-refractivity contribution in [1.82, 2.24) is 0 Å². The minimum atomic E-state index is 0.462. The summed E-state index contributed by atoms with van der Waals surface area (Å²) in [6.45, 7) is 6.78. The molecule has 116 valence electrons. The van der Waals surface area contributed by atoms with E-state index in [4.69, 9.17) is 16.3 Å². The summed E-state index contributed by atoms with van der Waals surface area (Å²) in [7, 11) is 0. The number of halogens is 3. The summed E-state index contributed by atoms with van der Waals surface area (Å²) in [5.41, 5.74) is 3.09. The number of benzene rings is 2. The minimum Gasteiger partial charge on any atom is -0.488 e. The van der Waals surface area contributed by atoms with Gasteiger partial charge in [-0.15, -0.1) is 0 Å². The first kappa shape index (κ1) is 17.4. The summed E-state index contributed by atoms with van der Waals surface area (Å²) in [5.74, 6) is 0.815. The summed E-state index contributed by atoms with van der Waals surface area (Å²) < 4.78 is 7.66. The van der Waals surface area contributed by atoms with E-state index >= 15 is 0 Å². The Balaban J connectivity index is 2.24. The van der Waals surface area contributed by atoms with E-state index in [1.807, 2.05) is 37.3 Å². The van der Waals surface area contributed by atoms with Gasteiger partial charge in [-0.25, -0.2) is 0 Å². The maximum atomic E-state index is 6.16. The fourth-order valence-corrected chi connectivity index (χ4v) is 3.64. The molecule has 2 nitrogen and oxygen atoms in total. The topological polar surface area (TPSA) is 21.3 Å². The molecule has 0 aliphatic heterocycles. The van der Waals surface area contributed by atoms with Gasteiger partial charge in [0.1, 0.15) is 12.4 Å². The van der Waals surface area contributed by atoms with Crippen molar-refractivity contribution >= 4 is 49.1 Å². The Hall–Kier alpha value is -0.970. The largest absolute Gasteiger partial charge is 0.488 e. The molecule has 0 radical (unpaired) electrons. The number of ether oxygens (including phenoxy) is 1. The average Bonchev–Trinajstić information content (AvgIpc) is 2.47. The number of anilines is 1. The lowest BCUT2D eigenvalue weighted by Crippen LogP contribution is -2.05. The Labute approximate surface area is 152 Å². The third-order valence-electron chi connectivity index (χ3n) is 3.17. The number of hydrogen-bond acceptors (Lipinski definition) is 2. The van der Waals surface area contributed by atoms with Crippen LogP contribution in [0.15, 0.2) is 51.9 Å². The van der Waals surface area contributed by atoms with Gasteiger partial charge in [-0.3, -0.25) is 0 Å². The monoisotopic (exact) mass is 443 g/mol. The zero-order chi connectivity index (χ0) is 16.1. The van der Waals surface area contributed by atoms with E-state index in [2.05, 4.69) is 43.8 Å². The molecule has 0 aliphatic rings. The molecule has 0 atom stereocenters. The molecular weight excluding hydrogens is 429 g/mol. The maximum Gasteiger partial charge on any atom is 0.139 e. The molecule has 1 N–H and O–H groups in total. The van der Waals surface area contributed by atoms with Gasteiger partial charge in [-0.1, -0.05) is 46.3 Å². The van der Waals surface area contributed by atoms with Crippen LogP contribution in [-0.4, -0.2) is 6.61 Å². The lowest BCUT2D eigenvalue weighted by atomic mass is 10.1. The summed E-state index contributed by atoms with van der Waals surface area (Å²) in [4.78, 5) is 0. The fraction of sp³-hybridized carbons (Fsp3) is 0.176. The van der Waals surface area contributed by atoms with Crippen molar-refractivity contribution in [3.05, 3.63) is 68.1 Å². The Bertz CT molecular complexity index is 689. The second-order valence-corrected chi connectivity index (χ2v) is 6.92. The Kier molecular flexibility index (Phi) is 6.36. The lowest BCUT2D eigenvalue weighted by Gasteiger charge is -2.15. The Morgan fingerprint density at radius 1 is 1.32 bits per heavy atom. The van der Waals surface area contributed by atoms with E-state index in [1.54, 1.807) is 6.08 Å². The van der Waals surface area contributed by atoms with Gasteiger partial charge in [0.25, 0.3) is 0 Å². The van der Waals surface area contributed by atoms with Crippen LogP contribution in [0.1, 0.15) is 11.1 Å². The molecule has 0 heterocycles. The normalized spacial score (nSPS) is 10.4. The third kappa shape index (κ3) is 4.28. The number of hydrogen-bond donors (Lipinski definition) is 1. The molecule has 0 fully saturated rings. The van der Waals surface area contributed by atoms with Crippen LogP contribution in [0.2, 0.25) is 5.02 Å². The van der Waals surface area contributed by atoms with Crippen LogP contribution >= 0.6 is 43.5 Å². The van der Waals surface area contributed by atoms with Crippen molar-refractivity contribution in [2.45, 2.75) is 13.5 Å². The second-order valence-electron chi connectivity index (χ2n) is 4.74. The second kappa shape index (κ2) is 8.04. The number of nitrogens with one attached hydrogen (secondary N) is 1. The first-order valence-corrected chi connectivity index (χ1v) is 8.70. The predicted molar refractivity (Wildman–Crippen MR) is 101 cm³/mol. The van der Waals surface area contributed by atoms with Crippen LogP contribution in [0.5, 0.6) is 5.75 Å². The van der Waals surface area contributed by atoms with E-state index < -0.39 is 0 Å². The number of rotatable bonds is 6. The van der Waals surface area contributed by atoms with E-state index in [0.29, 0.717) is 13.2 Å². The predicted octanol–water partition coefficient (Wildman–Crippen LogP) is 6.35. The molecule has 2 rings (SSSR count). The third-order valence-corrected chi connectivity index (χ3v) is 4.62. The molecule has 0 aromatic heterocycles. The van der Waals surface area contributed by atoms with E-state index in [9.17, 15) is 0 Å². The molecule has 0 spiro atoms. The maximum absolute atomic E-state index is 6.16. The van der Waals surface area contributed by atoms with E-state index in [0.717, 1.165) is 36.5 Å². The van der Waals surface area contributed by atoms with Crippen LogP contribution in [0.4, 0.5) is 5.69 Å². The molecule has 0 aliphatic carbocycles. The van der Waals surface area contributed by atoms with Gasteiger partial charge in [0.2, 0.25) is 0 Å². The lowest BCUT2D eigenvalue weighted by molar-refractivity contribution is 0.357. The van der Waals surface area contributed by atoms with Crippen molar-refractivity contribution < 1.29 is 4.74 Å². The molecule has 2 aromatic rings. The van der Waals surface area contributed by atoms with Crippen LogP contribution in [0, 0.1) is 6.92 Å². The smallest absolute Gasteiger partial charge is 0.139 e. The van der Waals surface area contributed by atoms with Crippen molar-refractivity contribution in [2.75, 3.05) is 11.9 Å². The molecule has 0 bridgehead atoms. The zero-order valence-electron chi connectivity index (χ0n) is 12.1. The van der Waals surface area contributed by atoms with E-state index in [1.165, 1.54) is 0 Å². The van der Waals surface area contributed by atoms with Gasteiger partial charge in [-0.2, -0.15) is 0 Å². The summed E-state index contributed by atoms with van der Waals surface area (Å²) in [6, 6.07) is 9.83. The Morgan fingerprint density at radius 3 is 2.82 bits per heavy atom. The summed E-state index contributed by atoms with van der Waals surface area (Å²) >= 11 is 13.2. The first-order valence-electron chi connectivity index (χ1n) is 6.73. The van der Waals surface area contributed by atoms with Crippen molar-refractivity contribution in [2.24, 2.45) is 0 Å². The molecule has 0 amide bonds. The molecule has 0 saturated heterocycles. The van der Waals surface area contributed by atoms with Gasteiger partial charge in [0.05, 0.1) is 4.47 Å². The average molecular weight is 446 g/mol.